The Balaban J connectivity index is 0.000000396. The summed E-state index contributed by atoms with van der Waals surface area (Å²) in [6.45, 7) is 5.71. The van der Waals surface area contributed by atoms with E-state index >= 15 is 0 Å². The molecule has 0 saturated carbocycles. The molecule has 0 bridgehead atoms. The normalized spacial score (nSPS) is 13.6. The lowest BCUT2D eigenvalue weighted by molar-refractivity contribution is 0.310. The molecular weight excluding hydrogens is 164 g/mol. The van der Waals surface area contributed by atoms with E-state index in [1.807, 2.05) is 19.9 Å². The number of likely N-dealkylation sites (N-methyl/N-ethyl adjacent to an activating group) is 1. The van der Waals surface area contributed by atoms with Crippen molar-refractivity contribution >= 4 is 5.69 Å². The minimum atomic E-state index is 0.759. The predicted molar refractivity (Wildman–Crippen MR) is 54.4 cm³/mol. The first-order chi connectivity index (χ1) is 6.38. The predicted octanol–water partition coefficient (Wildman–Crippen LogP) is 1.94. The van der Waals surface area contributed by atoms with E-state index in [9.17, 15) is 0 Å². The van der Waals surface area contributed by atoms with Crippen molar-refractivity contribution in [3.63, 3.8) is 0 Å². The third-order valence-corrected chi connectivity index (χ3v) is 1.86. The molecule has 0 spiro atoms. The van der Waals surface area contributed by atoms with Gasteiger partial charge in [0.15, 0.2) is 5.75 Å². The summed E-state index contributed by atoms with van der Waals surface area (Å²) < 4.78 is 5.39. The maximum Gasteiger partial charge on any atom is 0.160 e. The maximum atomic E-state index is 5.39. The summed E-state index contributed by atoms with van der Waals surface area (Å²) in [5.41, 5.74) is 1.13. The zero-order valence-electron chi connectivity index (χ0n) is 8.45. The van der Waals surface area contributed by atoms with E-state index in [1.165, 1.54) is 0 Å². The third kappa shape index (κ3) is 2.11. The largest absolute Gasteiger partial charge is 0.488 e. The monoisotopic (exact) mass is 180 g/mol. The summed E-state index contributed by atoms with van der Waals surface area (Å²) in [4.78, 5) is 6.15. The molecule has 0 saturated heterocycles. The summed E-state index contributed by atoms with van der Waals surface area (Å²) in [6.07, 6.45) is 3.54. The van der Waals surface area contributed by atoms with Crippen LogP contribution in [0.3, 0.4) is 0 Å². The van der Waals surface area contributed by atoms with Gasteiger partial charge < -0.3 is 9.64 Å². The van der Waals surface area contributed by atoms with Crippen molar-refractivity contribution in [2.45, 2.75) is 13.8 Å². The molecule has 2 rings (SSSR count). The highest BCUT2D eigenvalue weighted by atomic mass is 16.5. The maximum absolute atomic E-state index is 5.39. The molecular formula is C10H16N2O. The molecule has 13 heavy (non-hydrogen) atoms. The van der Waals surface area contributed by atoms with Crippen LogP contribution in [0, 0.1) is 0 Å². The van der Waals surface area contributed by atoms with E-state index < -0.39 is 0 Å². The zero-order valence-corrected chi connectivity index (χ0v) is 8.45. The Morgan fingerprint density at radius 3 is 2.92 bits per heavy atom. The summed E-state index contributed by atoms with van der Waals surface area (Å²) >= 11 is 0. The van der Waals surface area contributed by atoms with Gasteiger partial charge in [-0.3, -0.25) is 4.98 Å². The molecule has 0 unspecified atom stereocenters. The molecule has 3 nitrogen and oxygen atoms in total. The third-order valence-electron chi connectivity index (χ3n) is 1.86. The Morgan fingerprint density at radius 1 is 1.46 bits per heavy atom. The molecule has 2 heterocycles. The van der Waals surface area contributed by atoms with Crippen LogP contribution in [0.15, 0.2) is 18.5 Å². The van der Waals surface area contributed by atoms with Gasteiger partial charge in [0.25, 0.3) is 0 Å². The first kappa shape index (κ1) is 9.84. The summed E-state index contributed by atoms with van der Waals surface area (Å²) in [5.74, 6) is 0.890. The second kappa shape index (κ2) is 4.70. The SMILES string of the molecule is CC.CN1CCOc2cnccc21. The highest BCUT2D eigenvalue weighted by molar-refractivity contribution is 5.57. The van der Waals surface area contributed by atoms with Gasteiger partial charge in [0.1, 0.15) is 6.61 Å². The molecule has 3 heteroatoms. The Bertz CT molecular complexity index is 263. The number of ether oxygens (including phenoxy) is 1. The molecule has 1 aliphatic rings. The van der Waals surface area contributed by atoms with Crippen LogP contribution < -0.4 is 9.64 Å². The lowest BCUT2D eigenvalue weighted by atomic mass is 10.3. The highest BCUT2D eigenvalue weighted by Crippen LogP contribution is 2.28. The Kier molecular flexibility index (Phi) is 3.55. The summed E-state index contributed by atoms with van der Waals surface area (Å²) in [5, 5.41) is 0. The van der Waals surface area contributed by atoms with Gasteiger partial charge in [0, 0.05) is 13.2 Å². The molecule has 0 aromatic carbocycles. The van der Waals surface area contributed by atoms with E-state index in [0.29, 0.717) is 0 Å². The number of rotatable bonds is 0. The van der Waals surface area contributed by atoms with Gasteiger partial charge >= 0.3 is 0 Å². The number of aromatic nitrogens is 1. The van der Waals surface area contributed by atoms with E-state index in [-0.39, 0.29) is 0 Å². The standard InChI is InChI=1S/C8H10N2O.C2H6/c1-10-4-5-11-8-6-9-3-2-7(8)10;1-2/h2-3,6H,4-5H2,1H3;1-2H3. The quantitative estimate of drug-likeness (QED) is 0.610. The van der Waals surface area contributed by atoms with Crippen LogP contribution in [-0.4, -0.2) is 25.2 Å². The van der Waals surface area contributed by atoms with Crippen LogP contribution >= 0.6 is 0 Å². The van der Waals surface area contributed by atoms with Crippen molar-refractivity contribution in [3.8, 4) is 5.75 Å². The van der Waals surface area contributed by atoms with E-state index in [0.717, 1.165) is 24.6 Å². The van der Waals surface area contributed by atoms with Crippen LogP contribution in [0.1, 0.15) is 13.8 Å². The van der Waals surface area contributed by atoms with Gasteiger partial charge in [-0.25, -0.2) is 0 Å². The molecule has 0 N–H and O–H groups in total. The average Bonchev–Trinajstić information content (AvgIpc) is 2.22. The smallest absolute Gasteiger partial charge is 0.160 e. The van der Waals surface area contributed by atoms with Gasteiger partial charge in [-0.05, 0) is 6.07 Å². The molecule has 0 atom stereocenters. The van der Waals surface area contributed by atoms with Crippen LogP contribution in [0.4, 0.5) is 5.69 Å². The van der Waals surface area contributed by atoms with Gasteiger partial charge in [-0.1, -0.05) is 13.8 Å². The van der Waals surface area contributed by atoms with Crippen LogP contribution in [0.5, 0.6) is 5.75 Å². The van der Waals surface area contributed by atoms with Crippen molar-refractivity contribution in [2.75, 3.05) is 25.1 Å². The Hall–Kier alpha value is -1.25. The fourth-order valence-corrected chi connectivity index (χ4v) is 1.21. The topological polar surface area (TPSA) is 25.4 Å². The lowest BCUT2D eigenvalue weighted by Crippen LogP contribution is -2.28. The van der Waals surface area contributed by atoms with Gasteiger partial charge in [-0.15, -0.1) is 0 Å². The molecule has 1 aromatic rings. The molecule has 0 fully saturated rings. The van der Waals surface area contributed by atoms with E-state index in [1.54, 1.807) is 12.4 Å². The van der Waals surface area contributed by atoms with Crippen LogP contribution in [-0.2, 0) is 0 Å². The number of pyridine rings is 1. The van der Waals surface area contributed by atoms with Gasteiger partial charge in [0.2, 0.25) is 0 Å². The number of nitrogens with zero attached hydrogens (tertiary/aromatic N) is 2. The van der Waals surface area contributed by atoms with E-state index in [2.05, 4.69) is 16.9 Å². The average molecular weight is 180 g/mol. The van der Waals surface area contributed by atoms with Gasteiger partial charge in [-0.2, -0.15) is 0 Å². The fourth-order valence-electron chi connectivity index (χ4n) is 1.21. The molecule has 72 valence electrons. The van der Waals surface area contributed by atoms with Crippen molar-refractivity contribution in [3.05, 3.63) is 18.5 Å². The van der Waals surface area contributed by atoms with E-state index in [4.69, 9.17) is 4.74 Å². The van der Waals surface area contributed by atoms with Crippen molar-refractivity contribution in [2.24, 2.45) is 0 Å². The summed E-state index contributed by atoms with van der Waals surface area (Å²) in [6, 6.07) is 1.97. The number of hydrogen-bond acceptors (Lipinski definition) is 3. The number of anilines is 1. The molecule has 1 aliphatic heterocycles. The van der Waals surface area contributed by atoms with Crippen molar-refractivity contribution in [1.82, 2.24) is 4.98 Å². The van der Waals surface area contributed by atoms with Crippen molar-refractivity contribution in [1.29, 1.82) is 0 Å². The number of fused-ring (bicyclic) bond motifs is 1. The minimum absolute atomic E-state index is 0.759. The second-order valence-electron chi connectivity index (χ2n) is 2.61. The van der Waals surface area contributed by atoms with Crippen LogP contribution in [0.2, 0.25) is 0 Å². The van der Waals surface area contributed by atoms with Crippen molar-refractivity contribution < 1.29 is 4.74 Å². The first-order valence-electron chi connectivity index (χ1n) is 4.66. The molecule has 0 aliphatic carbocycles. The van der Waals surface area contributed by atoms with Gasteiger partial charge in [0.05, 0.1) is 18.4 Å². The fraction of sp³-hybridized carbons (Fsp3) is 0.500. The Labute approximate surface area is 79.3 Å². The first-order valence-corrected chi connectivity index (χ1v) is 4.66. The molecule has 0 radical (unpaired) electrons. The molecule has 0 amide bonds. The molecule has 1 aromatic heterocycles. The van der Waals surface area contributed by atoms with Crippen LogP contribution in [0.25, 0.3) is 0 Å². The zero-order chi connectivity index (χ0) is 9.68. The number of hydrogen-bond donors (Lipinski definition) is 0. The summed E-state index contributed by atoms with van der Waals surface area (Å²) in [7, 11) is 2.06. The Morgan fingerprint density at radius 2 is 2.23 bits per heavy atom. The highest BCUT2D eigenvalue weighted by Gasteiger charge is 2.12. The second-order valence-corrected chi connectivity index (χ2v) is 2.61. The minimum Gasteiger partial charge on any atom is -0.488 e. The lowest BCUT2D eigenvalue weighted by Gasteiger charge is -2.26.